The molecular formula is C17H15BrN2O. The van der Waals surface area contributed by atoms with Crippen LogP contribution in [0.25, 0.3) is 0 Å². The molecular weight excluding hydrogens is 328 g/mol. The fourth-order valence-electron chi connectivity index (χ4n) is 3.37. The molecule has 1 heterocycles. The zero-order valence-corrected chi connectivity index (χ0v) is 13.0. The minimum absolute atomic E-state index is 0.0290. The van der Waals surface area contributed by atoms with E-state index in [1.54, 1.807) is 0 Å². The van der Waals surface area contributed by atoms with Crippen molar-refractivity contribution >= 4 is 27.5 Å². The highest BCUT2D eigenvalue weighted by Crippen LogP contribution is 2.40. The molecule has 0 saturated heterocycles. The van der Waals surface area contributed by atoms with Crippen LogP contribution in [0, 0.1) is 0 Å². The lowest BCUT2D eigenvalue weighted by Gasteiger charge is -2.19. The second-order valence-corrected chi connectivity index (χ2v) is 6.43. The van der Waals surface area contributed by atoms with E-state index in [-0.39, 0.29) is 18.0 Å². The SMILES string of the molecule is O=C1Nc2cccc(Br)c2C1NC1CCc2ccccc21. The third-order valence-corrected chi connectivity index (χ3v) is 5.05. The molecule has 2 N–H and O–H groups in total. The molecule has 2 atom stereocenters. The number of carbonyl (C=O) groups is 1. The maximum absolute atomic E-state index is 12.3. The zero-order valence-electron chi connectivity index (χ0n) is 11.4. The molecule has 0 aromatic heterocycles. The van der Waals surface area contributed by atoms with Crippen LogP contribution >= 0.6 is 15.9 Å². The molecule has 0 radical (unpaired) electrons. The van der Waals surface area contributed by atoms with E-state index in [1.807, 2.05) is 18.2 Å². The molecule has 2 unspecified atom stereocenters. The first kappa shape index (κ1) is 13.0. The third-order valence-electron chi connectivity index (χ3n) is 4.36. The van der Waals surface area contributed by atoms with Gasteiger partial charge in [0.1, 0.15) is 6.04 Å². The highest BCUT2D eigenvalue weighted by Gasteiger charge is 2.35. The molecule has 4 rings (SSSR count). The van der Waals surface area contributed by atoms with Crippen LogP contribution in [-0.2, 0) is 11.2 Å². The third kappa shape index (κ3) is 2.10. The van der Waals surface area contributed by atoms with Gasteiger partial charge in [-0.05, 0) is 36.1 Å². The average Bonchev–Trinajstić information content (AvgIpc) is 3.03. The number of amides is 1. The quantitative estimate of drug-likeness (QED) is 0.873. The van der Waals surface area contributed by atoms with Gasteiger partial charge in [0.15, 0.2) is 0 Å². The number of anilines is 1. The number of hydrogen-bond donors (Lipinski definition) is 2. The number of aryl methyl sites for hydroxylation is 1. The Kier molecular flexibility index (Phi) is 3.08. The molecule has 4 heteroatoms. The van der Waals surface area contributed by atoms with Crippen molar-refractivity contribution in [1.29, 1.82) is 0 Å². The molecule has 1 aliphatic heterocycles. The molecule has 1 amide bonds. The van der Waals surface area contributed by atoms with Crippen molar-refractivity contribution < 1.29 is 4.79 Å². The van der Waals surface area contributed by atoms with E-state index in [9.17, 15) is 4.79 Å². The fourth-order valence-corrected chi connectivity index (χ4v) is 3.96. The summed E-state index contributed by atoms with van der Waals surface area (Å²) in [5.74, 6) is 0.0290. The van der Waals surface area contributed by atoms with Crippen LogP contribution in [0.4, 0.5) is 5.69 Å². The van der Waals surface area contributed by atoms with Crippen molar-refractivity contribution in [2.75, 3.05) is 5.32 Å². The van der Waals surface area contributed by atoms with Gasteiger partial charge in [-0.3, -0.25) is 10.1 Å². The summed E-state index contributed by atoms with van der Waals surface area (Å²) in [7, 11) is 0. The molecule has 3 nitrogen and oxygen atoms in total. The van der Waals surface area contributed by atoms with E-state index >= 15 is 0 Å². The molecule has 2 aromatic rings. The van der Waals surface area contributed by atoms with Crippen LogP contribution in [0.5, 0.6) is 0 Å². The second-order valence-electron chi connectivity index (χ2n) is 5.58. The minimum atomic E-state index is -0.285. The Hall–Kier alpha value is -1.65. The van der Waals surface area contributed by atoms with Gasteiger partial charge in [0.05, 0.1) is 0 Å². The van der Waals surface area contributed by atoms with Gasteiger partial charge in [-0.2, -0.15) is 0 Å². The summed E-state index contributed by atoms with van der Waals surface area (Å²) in [6, 6.07) is 14.3. The summed E-state index contributed by atoms with van der Waals surface area (Å²) in [6.45, 7) is 0. The minimum Gasteiger partial charge on any atom is -0.324 e. The van der Waals surface area contributed by atoms with Gasteiger partial charge in [-0.1, -0.05) is 46.3 Å². The van der Waals surface area contributed by atoms with Crippen LogP contribution in [0.1, 0.15) is 35.2 Å². The smallest absolute Gasteiger partial charge is 0.246 e. The predicted molar refractivity (Wildman–Crippen MR) is 86.2 cm³/mol. The maximum atomic E-state index is 12.3. The summed E-state index contributed by atoms with van der Waals surface area (Å²) >= 11 is 3.56. The van der Waals surface area contributed by atoms with Gasteiger partial charge in [0.2, 0.25) is 5.91 Å². The van der Waals surface area contributed by atoms with Crippen molar-refractivity contribution in [2.45, 2.75) is 24.9 Å². The Bertz CT molecular complexity index is 728. The molecule has 1 aliphatic carbocycles. The lowest BCUT2D eigenvalue weighted by molar-refractivity contribution is -0.117. The van der Waals surface area contributed by atoms with Crippen LogP contribution < -0.4 is 10.6 Å². The van der Waals surface area contributed by atoms with Crippen molar-refractivity contribution in [2.24, 2.45) is 0 Å². The van der Waals surface area contributed by atoms with Gasteiger partial charge in [0, 0.05) is 21.8 Å². The average molecular weight is 343 g/mol. The normalized spacial score (nSPS) is 22.8. The Morgan fingerprint density at radius 3 is 2.90 bits per heavy atom. The Labute approximate surface area is 131 Å². The van der Waals surface area contributed by atoms with Gasteiger partial charge in [-0.15, -0.1) is 0 Å². The number of halogens is 1. The van der Waals surface area contributed by atoms with E-state index < -0.39 is 0 Å². The summed E-state index contributed by atoms with van der Waals surface area (Å²) in [5.41, 5.74) is 4.64. The molecule has 2 aliphatic rings. The summed E-state index contributed by atoms with van der Waals surface area (Å²) in [4.78, 5) is 12.3. The number of carbonyl (C=O) groups excluding carboxylic acids is 1. The highest BCUT2D eigenvalue weighted by molar-refractivity contribution is 9.10. The van der Waals surface area contributed by atoms with Gasteiger partial charge in [-0.25, -0.2) is 0 Å². The molecule has 2 aromatic carbocycles. The first-order valence-electron chi connectivity index (χ1n) is 7.17. The molecule has 0 saturated carbocycles. The zero-order chi connectivity index (χ0) is 14.4. The summed E-state index contributed by atoms with van der Waals surface area (Å²) in [5, 5.41) is 6.49. The number of fused-ring (bicyclic) bond motifs is 2. The first-order valence-corrected chi connectivity index (χ1v) is 7.96. The van der Waals surface area contributed by atoms with E-state index in [0.29, 0.717) is 0 Å². The molecule has 0 bridgehead atoms. The van der Waals surface area contributed by atoms with Gasteiger partial charge >= 0.3 is 0 Å². The van der Waals surface area contributed by atoms with Crippen molar-refractivity contribution in [3.05, 3.63) is 63.6 Å². The standard InChI is InChI=1S/C17H15BrN2O/c18-12-6-3-7-14-15(12)16(17(21)20-14)19-13-9-8-10-4-1-2-5-11(10)13/h1-7,13,16,19H,8-9H2,(H,20,21). The van der Waals surface area contributed by atoms with Gasteiger partial charge in [0.25, 0.3) is 0 Å². The number of rotatable bonds is 2. The van der Waals surface area contributed by atoms with Gasteiger partial charge < -0.3 is 5.32 Å². The van der Waals surface area contributed by atoms with Crippen LogP contribution in [0.15, 0.2) is 46.9 Å². The monoisotopic (exact) mass is 342 g/mol. The lowest BCUT2D eigenvalue weighted by Crippen LogP contribution is -2.30. The van der Waals surface area contributed by atoms with Crippen molar-refractivity contribution in [1.82, 2.24) is 5.32 Å². The summed E-state index contributed by atoms with van der Waals surface area (Å²) < 4.78 is 0.974. The fraction of sp³-hybridized carbons (Fsp3) is 0.235. The second kappa shape index (κ2) is 4.97. The molecule has 106 valence electrons. The molecule has 0 fully saturated rings. The summed E-state index contributed by atoms with van der Waals surface area (Å²) in [6.07, 6.45) is 2.12. The van der Waals surface area contributed by atoms with E-state index in [4.69, 9.17) is 0 Å². The van der Waals surface area contributed by atoms with Crippen molar-refractivity contribution in [3.63, 3.8) is 0 Å². The van der Waals surface area contributed by atoms with Crippen LogP contribution in [-0.4, -0.2) is 5.91 Å². The maximum Gasteiger partial charge on any atom is 0.246 e. The predicted octanol–water partition coefficient (Wildman–Crippen LogP) is 3.72. The number of nitrogens with one attached hydrogen (secondary N) is 2. The van der Waals surface area contributed by atoms with Crippen LogP contribution in [0.3, 0.4) is 0 Å². The van der Waals surface area contributed by atoms with E-state index in [0.717, 1.165) is 28.6 Å². The number of benzene rings is 2. The highest BCUT2D eigenvalue weighted by atomic mass is 79.9. The van der Waals surface area contributed by atoms with Crippen LogP contribution in [0.2, 0.25) is 0 Å². The van der Waals surface area contributed by atoms with E-state index in [2.05, 4.69) is 50.8 Å². The topological polar surface area (TPSA) is 41.1 Å². The Morgan fingerprint density at radius 2 is 2.00 bits per heavy atom. The Morgan fingerprint density at radius 1 is 1.14 bits per heavy atom. The largest absolute Gasteiger partial charge is 0.324 e. The number of hydrogen-bond acceptors (Lipinski definition) is 2. The molecule has 0 spiro atoms. The molecule has 21 heavy (non-hydrogen) atoms. The first-order chi connectivity index (χ1) is 10.2. The Balaban J connectivity index is 1.66. The lowest BCUT2D eigenvalue weighted by atomic mass is 10.0. The van der Waals surface area contributed by atoms with E-state index in [1.165, 1.54) is 11.1 Å². The van der Waals surface area contributed by atoms with Crippen molar-refractivity contribution in [3.8, 4) is 0 Å².